The lowest BCUT2D eigenvalue weighted by Gasteiger charge is -2.45. The van der Waals surface area contributed by atoms with E-state index >= 15 is 0 Å². The van der Waals surface area contributed by atoms with Crippen LogP contribution in [-0.2, 0) is 5.16 Å². The zero-order valence-electron chi connectivity index (χ0n) is 25.2. The summed E-state index contributed by atoms with van der Waals surface area (Å²) >= 11 is 0. The fraction of sp³-hybridized carbons (Fsp3) is 0.297. The van der Waals surface area contributed by atoms with Crippen molar-refractivity contribution in [2.45, 2.75) is 57.0 Å². The van der Waals surface area contributed by atoms with Gasteiger partial charge in [-0.3, -0.25) is 9.97 Å². The van der Waals surface area contributed by atoms with Gasteiger partial charge in [0.05, 0.1) is 16.5 Å². The van der Waals surface area contributed by atoms with E-state index in [4.69, 9.17) is 9.97 Å². The molecule has 210 valence electrons. The molecule has 2 aromatic carbocycles. The van der Waals surface area contributed by atoms with Crippen LogP contribution in [0.25, 0.3) is 11.1 Å². The van der Waals surface area contributed by atoms with Crippen molar-refractivity contribution in [3.63, 3.8) is 0 Å². The minimum absolute atomic E-state index is 0.190. The lowest BCUT2D eigenvalue weighted by atomic mass is 9.80. The van der Waals surface area contributed by atoms with Crippen LogP contribution in [0.1, 0.15) is 64.1 Å². The summed E-state index contributed by atoms with van der Waals surface area (Å²) in [5.74, 6) is 0.193. The Morgan fingerprint density at radius 1 is 0.634 bits per heavy atom. The van der Waals surface area contributed by atoms with E-state index in [2.05, 4.69) is 142 Å². The summed E-state index contributed by atoms with van der Waals surface area (Å²) < 4.78 is 0. The molecule has 4 aromatic rings. The average molecular weight is 577 g/mol. The van der Waals surface area contributed by atoms with Gasteiger partial charge in [-0.1, -0.05) is 128 Å². The van der Waals surface area contributed by atoms with E-state index in [0.29, 0.717) is 0 Å². The highest BCUT2D eigenvalue weighted by Crippen LogP contribution is 2.65. The van der Waals surface area contributed by atoms with Crippen LogP contribution in [0, 0.1) is 5.92 Å². The molecule has 0 saturated carbocycles. The molecule has 0 bridgehead atoms. The molecule has 0 aliphatic heterocycles. The van der Waals surface area contributed by atoms with Crippen LogP contribution in [0.4, 0.5) is 0 Å². The SMILES string of the molecule is CC(C)(C)P(CC1C(C(P)(c2ccccn2)c2ccccn2)=CC(c2ccccc2)=C1c1ccccc1)C(C)(C)C. The van der Waals surface area contributed by atoms with Gasteiger partial charge in [-0.05, 0) is 68.6 Å². The summed E-state index contributed by atoms with van der Waals surface area (Å²) in [5.41, 5.74) is 8.58. The van der Waals surface area contributed by atoms with Gasteiger partial charge in [-0.2, -0.15) is 0 Å². The Bertz CT molecular complexity index is 1460. The molecule has 1 aliphatic carbocycles. The van der Waals surface area contributed by atoms with Gasteiger partial charge >= 0.3 is 0 Å². The van der Waals surface area contributed by atoms with Gasteiger partial charge < -0.3 is 0 Å². The number of rotatable bonds is 7. The molecular formula is C37H42N2P2. The monoisotopic (exact) mass is 576 g/mol. The highest BCUT2D eigenvalue weighted by molar-refractivity contribution is 7.60. The van der Waals surface area contributed by atoms with Crippen LogP contribution in [0.5, 0.6) is 0 Å². The van der Waals surface area contributed by atoms with E-state index in [1.54, 1.807) is 0 Å². The van der Waals surface area contributed by atoms with Crippen molar-refractivity contribution < 1.29 is 0 Å². The van der Waals surface area contributed by atoms with E-state index in [0.717, 1.165) is 17.5 Å². The summed E-state index contributed by atoms with van der Waals surface area (Å²) in [6, 6.07) is 34.4. The number of hydrogen-bond donors (Lipinski definition) is 0. The van der Waals surface area contributed by atoms with Gasteiger partial charge in [0.15, 0.2) is 0 Å². The number of nitrogens with zero attached hydrogens (tertiary/aromatic N) is 2. The molecule has 1 aliphatic rings. The van der Waals surface area contributed by atoms with Gasteiger partial charge in [0.2, 0.25) is 0 Å². The topological polar surface area (TPSA) is 25.8 Å². The first-order chi connectivity index (χ1) is 19.5. The summed E-state index contributed by atoms with van der Waals surface area (Å²) in [5, 5.41) is -0.203. The van der Waals surface area contributed by atoms with Crippen molar-refractivity contribution in [2.75, 3.05) is 6.16 Å². The third kappa shape index (κ3) is 6.02. The molecule has 2 unspecified atom stereocenters. The Hall–Kier alpha value is -2.92. The van der Waals surface area contributed by atoms with Gasteiger partial charge in [0.25, 0.3) is 0 Å². The zero-order valence-corrected chi connectivity index (χ0v) is 27.2. The standard InChI is InChI=1S/C37H42N2P2/c1-35(2,3)41(36(4,5)6)26-30-31(37(40,32-21-13-15-23-38-32)33-22-14-16-24-39-33)25-29(27-17-9-7-10-18-27)34(30)28-19-11-8-12-20-28/h7-25,30H,26,40H2,1-6H3. The Kier molecular flexibility index (Phi) is 8.48. The smallest absolute Gasteiger partial charge is 0.0902 e. The van der Waals surface area contributed by atoms with Crippen LogP contribution < -0.4 is 0 Å². The maximum Gasteiger partial charge on any atom is 0.0902 e. The minimum Gasteiger partial charge on any atom is -0.260 e. The molecule has 4 heteroatoms. The molecule has 2 heterocycles. The zero-order chi connectivity index (χ0) is 29.3. The number of allylic oxidation sites excluding steroid dienone is 4. The quantitative estimate of drug-likeness (QED) is 0.205. The van der Waals surface area contributed by atoms with E-state index in [-0.39, 0.29) is 16.2 Å². The van der Waals surface area contributed by atoms with Crippen molar-refractivity contribution in [3.8, 4) is 0 Å². The molecule has 5 rings (SSSR count). The predicted octanol–water partition coefficient (Wildman–Crippen LogP) is 9.84. The Balaban J connectivity index is 1.82. The van der Waals surface area contributed by atoms with E-state index in [1.165, 1.54) is 27.8 Å². The molecule has 41 heavy (non-hydrogen) atoms. The first kappa shape index (κ1) is 29.6. The molecule has 0 spiro atoms. The maximum absolute atomic E-state index is 4.96. The highest BCUT2D eigenvalue weighted by Gasteiger charge is 2.47. The van der Waals surface area contributed by atoms with E-state index in [1.807, 2.05) is 24.5 Å². The van der Waals surface area contributed by atoms with Gasteiger partial charge in [-0.15, -0.1) is 9.24 Å². The fourth-order valence-electron chi connectivity index (χ4n) is 6.44. The Labute approximate surface area is 250 Å². The molecule has 2 nitrogen and oxygen atoms in total. The van der Waals surface area contributed by atoms with Crippen molar-refractivity contribution in [2.24, 2.45) is 5.92 Å². The summed E-state index contributed by atoms with van der Waals surface area (Å²) in [6.07, 6.45) is 7.37. The van der Waals surface area contributed by atoms with Gasteiger partial charge in [0, 0.05) is 18.3 Å². The molecule has 2 aromatic heterocycles. The van der Waals surface area contributed by atoms with Gasteiger partial charge in [0.1, 0.15) is 0 Å². The lowest BCUT2D eigenvalue weighted by molar-refractivity contribution is 0.672. The molecule has 0 saturated heterocycles. The highest BCUT2D eigenvalue weighted by atomic mass is 31.1. The molecular weight excluding hydrogens is 534 g/mol. The second kappa shape index (κ2) is 11.8. The molecule has 0 N–H and O–H groups in total. The number of aromatic nitrogens is 2. The predicted molar refractivity (Wildman–Crippen MR) is 182 cm³/mol. The fourth-order valence-corrected chi connectivity index (χ4v) is 10.9. The van der Waals surface area contributed by atoms with Crippen LogP contribution >= 0.6 is 17.2 Å². The third-order valence-electron chi connectivity index (χ3n) is 8.06. The number of hydrogen-bond acceptors (Lipinski definition) is 2. The molecule has 2 atom stereocenters. The maximum atomic E-state index is 4.96. The van der Waals surface area contributed by atoms with Crippen molar-refractivity contribution >= 4 is 28.3 Å². The number of benzene rings is 2. The van der Waals surface area contributed by atoms with Crippen LogP contribution in [0.3, 0.4) is 0 Å². The second-order valence-corrected chi connectivity index (χ2v) is 17.7. The molecule has 0 fully saturated rings. The Morgan fingerprint density at radius 2 is 1.10 bits per heavy atom. The van der Waals surface area contributed by atoms with E-state index < -0.39 is 13.1 Å². The normalized spacial score (nSPS) is 16.3. The van der Waals surface area contributed by atoms with Crippen LogP contribution in [0.15, 0.2) is 121 Å². The average Bonchev–Trinajstić information content (AvgIpc) is 3.36. The van der Waals surface area contributed by atoms with Crippen molar-refractivity contribution in [1.82, 2.24) is 9.97 Å². The lowest BCUT2D eigenvalue weighted by Crippen LogP contribution is -2.33. The number of pyridine rings is 2. The first-order valence-electron chi connectivity index (χ1n) is 14.5. The summed E-state index contributed by atoms with van der Waals surface area (Å²) in [7, 11) is 2.83. The van der Waals surface area contributed by atoms with Crippen molar-refractivity contribution in [1.29, 1.82) is 0 Å². The van der Waals surface area contributed by atoms with Crippen LogP contribution in [0.2, 0.25) is 0 Å². The first-order valence-corrected chi connectivity index (χ1v) is 16.6. The molecule has 0 amide bonds. The third-order valence-corrected chi connectivity index (χ3v) is 13.0. The van der Waals surface area contributed by atoms with Crippen LogP contribution in [-0.4, -0.2) is 26.4 Å². The van der Waals surface area contributed by atoms with E-state index in [9.17, 15) is 0 Å². The van der Waals surface area contributed by atoms with Gasteiger partial charge in [-0.25, -0.2) is 0 Å². The summed E-state index contributed by atoms with van der Waals surface area (Å²) in [6.45, 7) is 14.6. The summed E-state index contributed by atoms with van der Waals surface area (Å²) in [4.78, 5) is 9.93. The van der Waals surface area contributed by atoms with Crippen molar-refractivity contribution in [3.05, 3.63) is 144 Å². The largest absolute Gasteiger partial charge is 0.260 e. The second-order valence-electron chi connectivity index (χ2n) is 12.9. The Morgan fingerprint density at radius 3 is 1.54 bits per heavy atom. The minimum atomic E-state index is -0.583. The molecule has 0 radical (unpaired) electrons.